The molecule has 0 saturated heterocycles. The normalized spacial score (nSPS) is 16.1. The lowest BCUT2D eigenvalue weighted by atomic mass is 10.1. The summed E-state index contributed by atoms with van der Waals surface area (Å²) in [5.74, 6) is 1.47. The molecule has 2 heterocycles. The molecule has 1 atom stereocenters. The van der Waals surface area contributed by atoms with Crippen molar-refractivity contribution in [2.45, 2.75) is 12.5 Å². The van der Waals surface area contributed by atoms with Gasteiger partial charge in [-0.15, -0.1) is 0 Å². The first-order valence-corrected chi connectivity index (χ1v) is 6.32. The molecule has 0 bridgehead atoms. The van der Waals surface area contributed by atoms with Crippen LogP contribution in [-0.2, 0) is 11.2 Å². The minimum Gasteiger partial charge on any atom is -0.493 e. The molecule has 1 unspecified atom stereocenters. The van der Waals surface area contributed by atoms with Crippen LogP contribution in [0.4, 0.5) is 5.82 Å². The molecule has 1 aromatic carbocycles. The van der Waals surface area contributed by atoms with Crippen LogP contribution in [0.2, 0.25) is 0 Å². The molecule has 1 aliphatic rings. The van der Waals surface area contributed by atoms with E-state index in [9.17, 15) is 4.79 Å². The Morgan fingerprint density at radius 1 is 1.35 bits per heavy atom. The molecular formula is C15H14N2O3. The molecule has 1 amide bonds. The van der Waals surface area contributed by atoms with Crippen LogP contribution in [0, 0.1) is 0 Å². The number of para-hydroxylation sites is 1. The maximum absolute atomic E-state index is 12.2. The highest BCUT2D eigenvalue weighted by Crippen LogP contribution is 2.29. The highest BCUT2D eigenvalue weighted by atomic mass is 16.5. The molecule has 1 aromatic heterocycles. The number of benzene rings is 1. The Bertz CT molecular complexity index is 618. The van der Waals surface area contributed by atoms with Gasteiger partial charge >= 0.3 is 0 Å². The third kappa shape index (κ3) is 2.30. The lowest BCUT2D eigenvalue weighted by molar-refractivity contribution is -0.122. The van der Waals surface area contributed by atoms with Gasteiger partial charge in [-0.05, 0) is 23.8 Å². The summed E-state index contributed by atoms with van der Waals surface area (Å²) in [5, 5.41) is 2.74. The van der Waals surface area contributed by atoms with E-state index in [0.717, 1.165) is 11.3 Å². The predicted octanol–water partition coefficient (Wildman–Crippen LogP) is 2.03. The van der Waals surface area contributed by atoms with E-state index in [1.54, 1.807) is 18.3 Å². The van der Waals surface area contributed by atoms with Crippen LogP contribution >= 0.6 is 0 Å². The zero-order chi connectivity index (χ0) is 13.9. The minimum atomic E-state index is -0.529. The number of nitrogens with one attached hydrogen (secondary N) is 1. The summed E-state index contributed by atoms with van der Waals surface area (Å²) in [5.41, 5.74) is 1.04. The number of amides is 1. The smallest absolute Gasteiger partial charge is 0.267 e. The fourth-order valence-electron chi connectivity index (χ4n) is 2.17. The summed E-state index contributed by atoms with van der Waals surface area (Å²) in [7, 11) is 1.54. The Morgan fingerprint density at radius 3 is 3.00 bits per heavy atom. The van der Waals surface area contributed by atoms with Crippen molar-refractivity contribution >= 4 is 11.7 Å². The van der Waals surface area contributed by atoms with Crippen molar-refractivity contribution in [1.29, 1.82) is 0 Å². The molecular weight excluding hydrogens is 256 g/mol. The summed E-state index contributed by atoms with van der Waals surface area (Å²) in [6.45, 7) is 0. The van der Waals surface area contributed by atoms with E-state index < -0.39 is 6.10 Å². The number of aromatic nitrogens is 1. The van der Waals surface area contributed by atoms with E-state index in [1.807, 2.05) is 24.3 Å². The van der Waals surface area contributed by atoms with E-state index in [1.165, 1.54) is 7.11 Å². The second-order valence-electron chi connectivity index (χ2n) is 4.46. The average Bonchev–Trinajstić information content (AvgIpc) is 2.92. The van der Waals surface area contributed by atoms with Crippen molar-refractivity contribution in [3.63, 3.8) is 0 Å². The van der Waals surface area contributed by atoms with Crippen molar-refractivity contribution in [3.05, 3.63) is 48.2 Å². The first kappa shape index (κ1) is 12.5. The maximum Gasteiger partial charge on any atom is 0.267 e. The highest BCUT2D eigenvalue weighted by Gasteiger charge is 2.29. The Kier molecular flexibility index (Phi) is 3.25. The van der Waals surface area contributed by atoms with Crippen LogP contribution < -0.4 is 14.8 Å². The third-order valence-corrected chi connectivity index (χ3v) is 3.17. The molecule has 0 saturated carbocycles. The highest BCUT2D eigenvalue weighted by molar-refractivity contribution is 5.95. The van der Waals surface area contributed by atoms with Crippen molar-refractivity contribution < 1.29 is 14.3 Å². The minimum absolute atomic E-state index is 0.224. The number of hydrogen-bond donors (Lipinski definition) is 1. The van der Waals surface area contributed by atoms with Gasteiger partial charge in [-0.1, -0.05) is 18.2 Å². The molecule has 20 heavy (non-hydrogen) atoms. The third-order valence-electron chi connectivity index (χ3n) is 3.17. The SMILES string of the molecule is COc1cccnc1NC(=O)C1Cc2ccccc2O1. The predicted molar refractivity (Wildman–Crippen MR) is 74.0 cm³/mol. The van der Waals surface area contributed by atoms with Crippen LogP contribution in [0.1, 0.15) is 5.56 Å². The van der Waals surface area contributed by atoms with Crippen LogP contribution in [0.15, 0.2) is 42.6 Å². The number of hydrogen-bond acceptors (Lipinski definition) is 4. The summed E-state index contributed by atoms with van der Waals surface area (Å²) in [4.78, 5) is 16.3. The fraction of sp³-hybridized carbons (Fsp3) is 0.200. The average molecular weight is 270 g/mol. The van der Waals surface area contributed by atoms with Gasteiger partial charge in [0.05, 0.1) is 7.11 Å². The Balaban J connectivity index is 1.72. The topological polar surface area (TPSA) is 60.5 Å². The summed E-state index contributed by atoms with van der Waals surface area (Å²) < 4.78 is 10.8. The number of carbonyl (C=O) groups is 1. The van der Waals surface area contributed by atoms with Gasteiger partial charge in [-0.3, -0.25) is 4.79 Å². The van der Waals surface area contributed by atoms with Gasteiger partial charge in [-0.2, -0.15) is 0 Å². The molecule has 1 N–H and O–H groups in total. The van der Waals surface area contributed by atoms with Gasteiger partial charge in [0.2, 0.25) is 0 Å². The first-order valence-electron chi connectivity index (χ1n) is 6.32. The molecule has 0 fully saturated rings. The largest absolute Gasteiger partial charge is 0.493 e. The first-order chi connectivity index (χ1) is 9.78. The standard InChI is InChI=1S/C15H14N2O3/c1-19-12-7-4-8-16-14(12)17-15(18)13-9-10-5-2-3-6-11(10)20-13/h2-8,13H,9H2,1H3,(H,16,17,18). The molecule has 102 valence electrons. The van der Waals surface area contributed by atoms with Crippen LogP contribution in [-0.4, -0.2) is 24.1 Å². The molecule has 0 radical (unpaired) electrons. The number of carbonyl (C=O) groups excluding carboxylic acids is 1. The van der Waals surface area contributed by atoms with Gasteiger partial charge in [0.15, 0.2) is 17.7 Å². The Labute approximate surface area is 116 Å². The zero-order valence-corrected chi connectivity index (χ0v) is 11.0. The number of rotatable bonds is 3. The zero-order valence-electron chi connectivity index (χ0n) is 11.0. The number of nitrogens with zero attached hydrogens (tertiary/aromatic N) is 1. The number of methoxy groups -OCH3 is 1. The van der Waals surface area contributed by atoms with Gasteiger partial charge in [0.1, 0.15) is 5.75 Å². The van der Waals surface area contributed by atoms with Gasteiger partial charge in [-0.25, -0.2) is 4.98 Å². The van der Waals surface area contributed by atoms with Gasteiger partial charge < -0.3 is 14.8 Å². The fourth-order valence-corrected chi connectivity index (χ4v) is 2.17. The van der Waals surface area contributed by atoms with E-state index in [-0.39, 0.29) is 5.91 Å². The molecule has 1 aliphatic heterocycles. The van der Waals surface area contributed by atoms with E-state index >= 15 is 0 Å². The van der Waals surface area contributed by atoms with E-state index in [4.69, 9.17) is 9.47 Å². The molecule has 2 aromatic rings. The van der Waals surface area contributed by atoms with Gasteiger partial charge in [0, 0.05) is 12.6 Å². The number of fused-ring (bicyclic) bond motifs is 1. The van der Waals surface area contributed by atoms with Gasteiger partial charge in [0.25, 0.3) is 5.91 Å². The lowest BCUT2D eigenvalue weighted by Gasteiger charge is -2.12. The summed E-state index contributed by atoms with van der Waals surface area (Å²) in [6, 6.07) is 11.1. The second kappa shape index (κ2) is 5.21. The maximum atomic E-state index is 12.2. The van der Waals surface area contributed by atoms with Crippen LogP contribution in [0.5, 0.6) is 11.5 Å². The van der Waals surface area contributed by atoms with Crippen LogP contribution in [0.3, 0.4) is 0 Å². The van der Waals surface area contributed by atoms with Crippen molar-refractivity contribution in [1.82, 2.24) is 4.98 Å². The second-order valence-corrected chi connectivity index (χ2v) is 4.46. The number of ether oxygens (including phenoxy) is 2. The van der Waals surface area contributed by atoms with E-state index in [2.05, 4.69) is 10.3 Å². The lowest BCUT2D eigenvalue weighted by Crippen LogP contribution is -2.31. The summed E-state index contributed by atoms with van der Waals surface area (Å²) in [6.07, 6.45) is 1.64. The quantitative estimate of drug-likeness (QED) is 0.927. The number of anilines is 1. The Hall–Kier alpha value is -2.56. The molecule has 0 aliphatic carbocycles. The summed E-state index contributed by atoms with van der Waals surface area (Å²) >= 11 is 0. The van der Waals surface area contributed by atoms with Crippen LogP contribution in [0.25, 0.3) is 0 Å². The Morgan fingerprint density at radius 2 is 2.20 bits per heavy atom. The molecule has 5 heteroatoms. The molecule has 5 nitrogen and oxygen atoms in total. The van der Waals surface area contributed by atoms with Crippen molar-refractivity contribution in [2.24, 2.45) is 0 Å². The molecule has 3 rings (SSSR count). The van der Waals surface area contributed by atoms with Crippen molar-refractivity contribution in [2.75, 3.05) is 12.4 Å². The number of pyridine rings is 1. The van der Waals surface area contributed by atoms with E-state index in [0.29, 0.717) is 18.0 Å². The van der Waals surface area contributed by atoms with Crippen molar-refractivity contribution in [3.8, 4) is 11.5 Å². The monoisotopic (exact) mass is 270 g/mol. The molecule has 0 spiro atoms.